The van der Waals surface area contributed by atoms with Gasteiger partial charge in [0.05, 0.1) is 22.8 Å². The van der Waals surface area contributed by atoms with Gasteiger partial charge in [-0.3, -0.25) is 4.79 Å². The van der Waals surface area contributed by atoms with E-state index in [1.165, 1.54) is 11.8 Å². The van der Waals surface area contributed by atoms with Crippen molar-refractivity contribution in [2.45, 2.75) is 38.4 Å². The maximum atomic E-state index is 11.5. The van der Waals surface area contributed by atoms with E-state index in [1.807, 2.05) is 17.8 Å². The van der Waals surface area contributed by atoms with E-state index in [4.69, 9.17) is 9.15 Å². The number of nitrogens with zero attached hydrogens (tertiary/aromatic N) is 5. The molecule has 29 heavy (non-hydrogen) atoms. The van der Waals surface area contributed by atoms with Gasteiger partial charge in [-0.1, -0.05) is 11.8 Å². The average molecular weight is 415 g/mol. The topological polar surface area (TPSA) is 120 Å². The number of fused-ring (bicyclic) bond motifs is 1. The molecule has 0 aliphatic carbocycles. The summed E-state index contributed by atoms with van der Waals surface area (Å²) in [7, 11) is 0. The van der Waals surface area contributed by atoms with Crippen LogP contribution in [0.1, 0.15) is 31.7 Å². The van der Waals surface area contributed by atoms with E-state index in [0.29, 0.717) is 17.5 Å². The fraction of sp³-hybridized carbons (Fsp3) is 0.500. The first-order valence-corrected chi connectivity index (χ1v) is 10.7. The lowest BCUT2D eigenvalue weighted by Crippen LogP contribution is -2.28. The first-order valence-electron chi connectivity index (χ1n) is 9.68. The standard InChI is InChI=1S/C18H21N7O3S/c1-2-25-15-11(8-20-25)14(21-10-3-5-27-6-4-10)12(7-19-15)16-23-24-17(28-16)13-9-29-18(26)22-13/h7-8,10,13H,2-6,9H2,1H3,(H,19,21)(H,22,26)/t13-/m1/s1. The summed E-state index contributed by atoms with van der Waals surface area (Å²) in [5.74, 6) is 1.35. The summed E-state index contributed by atoms with van der Waals surface area (Å²) in [6, 6.07) is 0.0196. The Balaban J connectivity index is 1.54. The van der Waals surface area contributed by atoms with E-state index in [0.717, 1.165) is 54.9 Å². The number of aryl methyl sites for hydroxylation is 1. The van der Waals surface area contributed by atoms with Crippen LogP contribution in [0.4, 0.5) is 10.5 Å². The Kier molecular flexibility index (Phi) is 4.84. The first kappa shape index (κ1) is 18.4. The molecule has 5 heterocycles. The van der Waals surface area contributed by atoms with E-state index in [2.05, 4.69) is 30.9 Å². The minimum Gasteiger partial charge on any atom is -0.418 e. The summed E-state index contributed by atoms with van der Waals surface area (Å²) in [6.45, 7) is 4.24. The molecule has 0 bridgehead atoms. The Bertz CT molecular complexity index is 1040. The van der Waals surface area contributed by atoms with Gasteiger partial charge >= 0.3 is 0 Å². The second-order valence-electron chi connectivity index (χ2n) is 7.02. The lowest BCUT2D eigenvalue weighted by atomic mass is 10.1. The number of pyridine rings is 1. The molecule has 2 saturated heterocycles. The molecule has 2 aliphatic heterocycles. The number of carbonyl (C=O) groups excluding carboxylic acids is 1. The van der Waals surface area contributed by atoms with Crippen molar-refractivity contribution in [1.82, 2.24) is 30.3 Å². The summed E-state index contributed by atoms with van der Waals surface area (Å²) in [4.78, 5) is 16.1. The van der Waals surface area contributed by atoms with Crippen molar-refractivity contribution in [3.63, 3.8) is 0 Å². The van der Waals surface area contributed by atoms with E-state index >= 15 is 0 Å². The summed E-state index contributed by atoms with van der Waals surface area (Å²) >= 11 is 1.21. The van der Waals surface area contributed by atoms with Gasteiger partial charge in [0, 0.05) is 37.8 Å². The minimum absolute atomic E-state index is 0.0771. The van der Waals surface area contributed by atoms with Gasteiger partial charge in [0.1, 0.15) is 6.04 Å². The van der Waals surface area contributed by atoms with Crippen LogP contribution in [-0.4, -0.2) is 55.2 Å². The molecule has 3 aromatic rings. The Morgan fingerprint density at radius 3 is 2.93 bits per heavy atom. The Morgan fingerprint density at radius 2 is 2.17 bits per heavy atom. The third-order valence-electron chi connectivity index (χ3n) is 5.18. The Hall–Kier alpha value is -2.66. The highest BCUT2D eigenvalue weighted by atomic mass is 32.2. The van der Waals surface area contributed by atoms with Crippen LogP contribution < -0.4 is 10.6 Å². The van der Waals surface area contributed by atoms with Crippen LogP contribution in [0.2, 0.25) is 0 Å². The monoisotopic (exact) mass is 415 g/mol. The van der Waals surface area contributed by atoms with E-state index in [-0.39, 0.29) is 17.3 Å². The highest BCUT2D eigenvalue weighted by Gasteiger charge is 2.29. The molecule has 0 aromatic carbocycles. The fourth-order valence-electron chi connectivity index (χ4n) is 3.62. The van der Waals surface area contributed by atoms with Crippen LogP contribution in [-0.2, 0) is 11.3 Å². The maximum Gasteiger partial charge on any atom is 0.279 e. The molecule has 0 saturated carbocycles. The van der Waals surface area contributed by atoms with E-state index in [1.54, 1.807) is 6.20 Å². The number of thioether (sulfide) groups is 1. The zero-order chi connectivity index (χ0) is 19.8. The molecule has 2 fully saturated rings. The molecule has 0 radical (unpaired) electrons. The Labute approximate surface area is 170 Å². The van der Waals surface area contributed by atoms with Crippen molar-refractivity contribution < 1.29 is 13.9 Å². The zero-order valence-corrected chi connectivity index (χ0v) is 16.7. The largest absolute Gasteiger partial charge is 0.418 e. The molecular formula is C18H21N7O3S. The smallest absolute Gasteiger partial charge is 0.279 e. The quantitative estimate of drug-likeness (QED) is 0.648. The van der Waals surface area contributed by atoms with Gasteiger partial charge in [-0.05, 0) is 19.8 Å². The third-order valence-corrected chi connectivity index (χ3v) is 6.06. The number of amides is 1. The van der Waals surface area contributed by atoms with Crippen molar-refractivity contribution in [1.29, 1.82) is 0 Å². The van der Waals surface area contributed by atoms with Crippen LogP contribution in [0, 0.1) is 0 Å². The summed E-state index contributed by atoms with van der Waals surface area (Å²) in [6.07, 6.45) is 5.41. The third kappa shape index (κ3) is 3.44. The highest BCUT2D eigenvalue weighted by molar-refractivity contribution is 8.13. The fourth-order valence-corrected chi connectivity index (χ4v) is 4.39. The van der Waals surface area contributed by atoms with Gasteiger partial charge < -0.3 is 19.8 Å². The van der Waals surface area contributed by atoms with Gasteiger partial charge in [0.2, 0.25) is 5.89 Å². The summed E-state index contributed by atoms with van der Waals surface area (Å²) < 4.78 is 13.3. The van der Waals surface area contributed by atoms with Crippen molar-refractivity contribution in [3.05, 3.63) is 18.3 Å². The van der Waals surface area contributed by atoms with Gasteiger partial charge in [0.25, 0.3) is 11.1 Å². The van der Waals surface area contributed by atoms with Gasteiger partial charge in [0.15, 0.2) is 5.65 Å². The molecule has 3 aromatic heterocycles. The first-order chi connectivity index (χ1) is 14.2. The van der Waals surface area contributed by atoms with Crippen molar-refractivity contribution >= 4 is 33.7 Å². The molecule has 10 nitrogen and oxygen atoms in total. The molecule has 2 aliphatic rings. The lowest BCUT2D eigenvalue weighted by Gasteiger charge is -2.25. The second kappa shape index (κ2) is 7.64. The molecule has 152 valence electrons. The van der Waals surface area contributed by atoms with Crippen LogP contribution in [0.25, 0.3) is 22.5 Å². The molecule has 0 spiro atoms. The molecule has 11 heteroatoms. The van der Waals surface area contributed by atoms with Crippen LogP contribution in [0.15, 0.2) is 16.8 Å². The number of carbonyl (C=O) groups is 1. The second-order valence-corrected chi connectivity index (χ2v) is 8.01. The number of hydrogen-bond acceptors (Lipinski definition) is 9. The number of rotatable bonds is 5. The average Bonchev–Trinajstić information content (AvgIpc) is 3.48. The van der Waals surface area contributed by atoms with Crippen molar-refractivity contribution in [2.75, 3.05) is 24.3 Å². The predicted molar refractivity (Wildman–Crippen MR) is 108 cm³/mol. The molecular weight excluding hydrogens is 394 g/mol. The number of hydrogen-bond donors (Lipinski definition) is 2. The molecule has 5 rings (SSSR count). The van der Waals surface area contributed by atoms with Gasteiger partial charge in [-0.2, -0.15) is 5.10 Å². The maximum absolute atomic E-state index is 11.5. The number of ether oxygens (including phenoxy) is 1. The van der Waals surface area contributed by atoms with Gasteiger partial charge in [-0.25, -0.2) is 9.67 Å². The van der Waals surface area contributed by atoms with Crippen molar-refractivity contribution in [2.24, 2.45) is 0 Å². The normalized spacial score (nSPS) is 20.3. The Morgan fingerprint density at radius 1 is 1.31 bits per heavy atom. The van der Waals surface area contributed by atoms with E-state index in [9.17, 15) is 4.79 Å². The summed E-state index contributed by atoms with van der Waals surface area (Å²) in [5, 5.41) is 20.1. The predicted octanol–water partition coefficient (Wildman–Crippen LogP) is 2.59. The van der Waals surface area contributed by atoms with Crippen LogP contribution >= 0.6 is 11.8 Å². The highest BCUT2D eigenvalue weighted by Crippen LogP contribution is 2.35. The summed E-state index contributed by atoms with van der Waals surface area (Å²) in [5.41, 5.74) is 2.43. The van der Waals surface area contributed by atoms with E-state index < -0.39 is 0 Å². The van der Waals surface area contributed by atoms with Crippen LogP contribution in [0.3, 0.4) is 0 Å². The lowest BCUT2D eigenvalue weighted by molar-refractivity contribution is 0.0905. The minimum atomic E-state index is -0.264. The van der Waals surface area contributed by atoms with Gasteiger partial charge in [-0.15, -0.1) is 10.2 Å². The SMILES string of the molecule is CCn1ncc2c(NC3CCOCC3)c(-c3nnc([C@H]4CSC(=O)N4)o3)cnc21. The molecule has 1 atom stereocenters. The molecule has 1 amide bonds. The molecule has 0 unspecified atom stereocenters. The van der Waals surface area contributed by atoms with Crippen molar-refractivity contribution in [3.8, 4) is 11.5 Å². The number of aromatic nitrogens is 5. The molecule has 2 N–H and O–H groups in total. The number of anilines is 1. The number of nitrogens with one attached hydrogen (secondary N) is 2. The van der Waals surface area contributed by atoms with Crippen LogP contribution in [0.5, 0.6) is 0 Å². The zero-order valence-electron chi connectivity index (χ0n) is 15.9.